The van der Waals surface area contributed by atoms with E-state index in [0.717, 1.165) is 10.7 Å². The number of thiazole rings is 1. The summed E-state index contributed by atoms with van der Waals surface area (Å²) >= 11 is 1.45. The summed E-state index contributed by atoms with van der Waals surface area (Å²) in [6.07, 6.45) is 2.91. The third-order valence-corrected chi connectivity index (χ3v) is 3.51. The molecule has 0 amide bonds. The minimum Gasteiger partial charge on any atom is -0.478 e. The van der Waals surface area contributed by atoms with Gasteiger partial charge >= 0.3 is 5.97 Å². The first-order chi connectivity index (χ1) is 9.15. The summed E-state index contributed by atoms with van der Waals surface area (Å²) in [4.78, 5) is 15.2. The molecule has 6 nitrogen and oxygen atoms in total. The molecule has 0 bridgehead atoms. The van der Waals surface area contributed by atoms with Crippen LogP contribution in [-0.4, -0.2) is 25.8 Å². The van der Waals surface area contributed by atoms with Crippen molar-refractivity contribution >= 4 is 17.3 Å². The fourth-order valence-electron chi connectivity index (χ4n) is 1.67. The van der Waals surface area contributed by atoms with E-state index in [-0.39, 0.29) is 5.56 Å². The number of aryl methyl sites for hydroxylation is 1. The van der Waals surface area contributed by atoms with Gasteiger partial charge in [-0.2, -0.15) is 5.10 Å². The van der Waals surface area contributed by atoms with Gasteiger partial charge in [0.05, 0.1) is 11.3 Å². The Morgan fingerprint density at radius 2 is 2.37 bits per heavy atom. The summed E-state index contributed by atoms with van der Waals surface area (Å²) in [5, 5.41) is 15.6. The van der Waals surface area contributed by atoms with E-state index in [1.165, 1.54) is 23.7 Å². The smallest absolute Gasteiger partial charge is 0.338 e. The number of hydrogen-bond donors (Lipinski definition) is 1. The minimum absolute atomic E-state index is 0.116. The largest absolute Gasteiger partial charge is 0.478 e. The van der Waals surface area contributed by atoms with Crippen LogP contribution in [0.4, 0.5) is 0 Å². The van der Waals surface area contributed by atoms with E-state index in [0.29, 0.717) is 11.5 Å². The van der Waals surface area contributed by atoms with Crippen LogP contribution in [0.15, 0.2) is 34.4 Å². The molecule has 0 aliphatic heterocycles. The van der Waals surface area contributed by atoms with Crippen LogP contribution in [-0.2, 0) is 7.05 Å². The van der Waals surface area contributed by atoms with Gasteiger partial charge in [0, 0.05) is 24.7 Å². The fraction of sp³-hybridized carbons (Fsp3) is 0.0833. The number of furan rings is 1. The molecule has 1 N–H and O–H groups in total. The summed E-state index contributed by atoms with van der Waals surface area (Å²) in [6, 6.07) is 3.33. The zero-order chi connectivity index (χ0) is 13.4. The van der Waals surface area contributed by atoms with Crippen LogP contribution in [0.5, 0.6) is 0 Å². The Morgan fingerprint density at radius 3 is 3.00 bits per heavy atom. The van der Waals surface area contributed by atoms with E-state index in [1.807, 2.05) is 18.5 Å². The molecule has 3 aromatic rings. The van der Waals surface area contributed by atoms with Crippen LogP contribution in [0.1, 0.15) is 10.4 Å². The first-order valence-electron chi connectivity index (χ1n) is 5.41. The molecule has 0 radical (unpaired) electrons. The van der Waals surface area contributed by atoms with Crippen molar-refractivity contribution in [2.24, 2.45) is 7.05 Å². The van der Waals surface area contributed by atoms with Gasteiger partial charge in [-0.15, -0.1) is 11.3 Å². The Morgan fingerprint density at radius 1 is 1.53 bits per heavy atom. The van der Waals surface area contributed by atoms with Crippen LogP contribution in [0, 0.1) is 0 Å². The quantitative estimate of drug-likeness (QED) is 0.794. The SMILES string of the molecule is Cn1nccc1-c1nc(-c2cc(C(=O)O)co2)cs1. The number of rotatable bonds is 3. The summed E-state index contributed by atoms with van der Waals surface area (Å²) in [5.41, 5.74) is 1.64. The molecule has 3 heterocycles. The average molecular weight is 275 g/mol. The highest BCUT2D eigenvalue weighted by Crippen LogP contribution is 2.29. The van der Waals surface area contributed by atoms with Crippen molar-refractivity contribution in [3.05, 3.63) is 35.5 Å². The van der Waals surface area contributed by atoms with Gasteiger partial charge in [-0.25, -0.2) is 9.78 Å². The third kappa shape index (κ3) is 2.04. The predicted molar refractivity (Wildman–Crippen MR) is 69.0 cm³/mol. The summed E-state index contributed by atoms with van der Waals surface area (Å²) < 4.78 is 6.94. The molecular weight excluding hydrogens is 266 g/mol. The number of aromatic nitrogens is 3. The van der Waals surface area contributed by atoms with Gasteiger partial charge in [-0.1, -0.05) is 0 Å². The molecule has 19 heavy (non-hydrogen) atoms. The minimum atomic E-state index is -1.02. The molecule has 96 valence electrons. The predicted octanol–water partition coefficient (Wildman–Crippen LogP) is 2.50. The third-order valence-electron chi connectivity index (χ3n) is 2.64. The van der Waals surface area contributed by atoms with E-state index in [2.05, 4.69) is 10.1 Å². The van der Waals surface area contributed by atoms with Gasteiger partial charge in [0.2, 0.25) is 0 Å². The van der Waals surface area contributed by atoms with Crippen molar-refractivity contribution in [1.29, 1.82) is 0 Å². The Balaban J connectivity index is 1.97. The lowest BCUT2D eigenvalue weighted by molar-refractivity contribution is 0.0696. The number of aromatic carboxylic acids is 1. The second kappa shape index (κ2) is 4.36. The molecule has 0 unspecified atom stereocenters. The molecule has 3 rings (SSSR count). The summed E-state index contributed by atoms with van der Waals surface area (Å²) in [7, 11) is 1.84. The molecule has 0 spiro atoms. The molecule has 0 aliphatic rings. The van der Waals surface area contributed by atoms with Gasteiger partial charge < -0.3 is 9.52 Å². The number of carboxylic acids is 1. The van der Waals surface area contributed by atoms with Crippen molar-refractivity contribution in [2.45, 2.75) is 0 Å². The molecule has 3 aromatic heterocycles. The standard InChI is InChI=1S/C12H9N3O3S/c1-15-9(2-3-13-15)11-14-8(6-19-11)10-4-7(5-18-10)12(16)17/h2-6H,1H3,(H,16,17). The second-order valence-corrected chi connectivity index (χ2v) is 4.74. The van der Waals surface area contributed by atoms with Gasteiger partial charge in [0.25, 0.3) is 0 Å². The maximum atomic E-state index is 10.8. The average Bonchev–Trinajstić information content (AvgIpc) is 3.07. The monoisotopic (exact) mass is 275 g/mol. The molecule has 0 aromatic carbocycles. The molecule has 0 aliphatic carbocycles. The Labute approximate surface area is 111 Å². The van der Waals surface area contributed by atoms with E-state index in [9.17, 15) is 4.79 Å². The van der Waals surface area contributed by atoms with Crippen molar-refractivity contribution in [3.63, 3.8) is 0 Å². The zero-order valence-corrected chi connectivity index (χ0v) is 10.7. The Kier molecular flexibility index (Phi) is 2.68. The lowest BCUT2D eigenvalue weighted by atomic mass is 10.3. The molecule has 0 fully saturated rings. The highest BCUT2D eigenvalue weighted by molar-refractivity contribution is 7.13. The number of hydrogen-bond acceptors (Lipinski definition) is 5. The fourth-order valence-corrected chi connectivity index (χ4v) is 2.54. The number of carboxylic acid groups (broad SMARTS) is 1. The number of carbonyl (C=O) groups is 1. The van der Waals surface area contributed by atoms with Gasteiger partial charge in [0.15, 0.2) is 5.76 Å². The molecular formula is C12H9N3O3S. The van der Waals surface area contributed by atoms with E-state index >= 15 is 0 Å². The van der Waals surface area contributed by atoms with Crippen LogP contribution in [0.25, 0.3) is 22.2 Å². The zero-order valence-electron chi connectivity index (χ0n) is 9.90. The summed E-state index contributed by atoms with van der Waals surface area (Å²) in [5.74, 6) is -0.570. The molecule has 7 heteroatoms. The van der Waals surface area contributed by atoms with Gasteiger partial charge in [-0.3, -0.25) is 4.68 Å². The normalized spacial score (nSPS) is 10.8. The van der Waals surface area contributed by atoms with E-state index in [4.69, 9.17) is 9.52 Å². The molecule has 0 saturated heterocycles. The van der Waals surface area contributed by atoms with Crippen molar-refractivity contribution in [2.75, 3.05) is 0 Å². The summed E-state index contributed by atoms with van der Waals surface area (Å²) in [6.45, 7) is 0. The highest BCUT2D eigenvalue weighted by Gasteiger charge is 2.14. The lowest BCUT2D eigenvalue weighted by Crippen LogP contribution is -1.92. The highest BCUT2D eigenvalue weighted by atomic mass is 32.1. The van der Waals surface area contributed by atoms with Gasteiger partial charge in [0.1, 0.15) is 17.0 Å². The first-order valence-corrected chi connectivity index (χ1v) is 6.29. The van der Waals surface area contributed by atoms with Crippen LogP contribution >= 0.6 is 11.3 Å². The van der Waals surface area contributed by atoms with Gasteiger partial charge in [-0.05, 0) is 6.07 Å². The van der Waals surface area contributed by atoms with Crippen LogP contribution < -0.4 is 0 Å². The molecule has 0 saturated carbocycles. The van der Waals surface area contributed by atoms with Crippen molar-refractivity contribution < 1.29 is 14.3 Å². The molecule has 0 atom stereocenters. The number of nitrogens with zero attached hydrogens (tertiary/aromatic N) is 3. The Bertz CT molecular complexity index is 741. The maximum Gasteiger partial charge on any atom is 0.338 e. The van der Waals surface area contributed by atoms with Crippen molar-refractivity contribution in [3.8, 4) is 22.2 Å². The first kappa shape index (κ1) is 11.7. The van der Waals surface area contributed by atoms with Crippen molar-refractivity contribution in [1.82, 2.24) is 14.8 Å². The second-order valence-electron chi connectivity index (χ2n) is 3.88. The van der Waals surface area contributed by atoms with E-state index < -0.39 is 5.97 Å². The lowest BCUT2D eigenvalue weighted by Gasteiger charge is -1.95. The topological polar surface area (TPSA) is 81.2 Å². The van der Waals surface area contributed by atoms with Crippen LogP contribution in [0.2, 0.25) is 0 Å². The Hall–Kier alpha value is -2.41. The van der Waals surface area contributed by atoms with E-state index in [1.54, 1.807) is 10.9 Å². The maximum absolute atomic E-state index is 10.8. The van der Waals surface area contributed by atoms with Crippen LogP contribution in [0.3, 0.4) is 0 Å².